The van der Waals surface area contributed by atoms with Crippen LogP contribution in [0.2, 0.25) is 0 Å². The van der Waals surface area contributed by atoms with E-state index in [1.54, 1.807) is 12.4 Å². The van der Waals surface area contributed by atoms with Crippen molar-refractivity contribution in [1.29, 1.82) is 0 Å². The number of para-hydroxylation sites is 1. The maximum Gasteiger partial charge on any atom is 0.303 e. The number of aliphatic carboxylic acids is 1. The number of aromatic nitrogens is 6. The number of carbonyl (C=O) groups is 3. The number of fused-ring (bicyclic) bond motifs is 2. The summed E-state index contributed by atoms with van der Waals surface area (Å²) in [5.74, 6) is 0.0824. The molecule has 2 aliphatic rings. The Morgan fingerprint density at radius 2 is 1.22 bits per heavy atom. The molecule has 6 heterocycles. The number of nitrogens with one attached hydrogen (secondary N) is 4. The molecule has 0 atom stereocenters. The lowest BCUT2D eigenvalue weighted by atomic mass is 10.1. The topological polar surface area (TPSA) is 181 Å². The number of carbonyl (C=O) groups excluding carboxylic acids is 2. The van der Waals surface area contributed by atoms with Crippen molar-refractivity contribution >= 4 is 41.1 Å². The molecule has 2 aromatic carbocycles. The molecule has 14 nitrogen and oxygen atoms in total. The molecule has 55 heavy (non-hydrogen) atoms. The molecule has 0 fully saturated rings. The van der Waals surface area contributed by atoms with Crippen LogP contribution in [0.25, 0.3) is 22.5 Å². The maximum atomic E-state index is 12.3. The van der Waals surface area contributed by atoms with E-state index in [9.17, 15) is 14.4 Å². The molecule has 4 aromatic heterocycles. The van der Waals surface area contributed by atoms with Crippen molar-refractivity contribution in [3.8, 4) is 22.5 Å². The summed E-state index contributed by atoms with van der Waals surface area (Å²) >= 11 is 0. The number of hydrogen-bond acceptors (Lipinski definition) is 9. The van der Waals surface area contributed by atoms with Crippen LogP contribution in [0.4, 0.5) is 23.3 Å². The van der Waals surface area contributed by atoms with E-state index in [-0.39, 0.29) is 18.2 Å². The molecule has 14 heteroatoms. The summed E-state index contributed by atoms with van der Waals surface area (Å²) in [6.45, 7) is 10.8. The quantitative estimate of drug-likeness (QED) is 0.116. The van der Waals surface area contributed by atoms with Gasteiger partial charge in [0, 0.05) is 78.9 Å². The van der Waals surface area contributed by atoms with E-state index in [4.69, 9.17) is 5.11 Å². The predicted octanol–water partition coefficient (Wildman–Crippen LogP) is 6.12. The average Bonchev–Trinajstić information content (AvgIpc) is 3.60. The van der Waals surface area contributed by atoms with Gasteiger partial charge in [0.1, 0.15) is 11.4 Å². The van der Waals surface area contributed by atoms with Gasteiger partial charge in [-0.2, -0.15) is 0 Å². The van der Waals surface area contributed by atoms with Crippen LogP contribution in [0.5, 0.6) is 0 Å². The van der Waals surface area contributed by atoms with Crippen molar-refractivity contribution in [3.63, 3.8) is 0 Å². The second-order valence-electron chi connectivity index (χ2n) is 13.4. The van der Waals surface area contributed by atoms with Gasteiger partial charge in [-0.25, -0.2) is 19.9 Å². The Hall–Kier alpha value is -6.83. The van der Waals surface area contributed by atoms with Gasteiger partial charge in [-0.15, -0.1) is 0 Å². The van der Waals surface area contributed by atoms with Crippen LogP contribution in [0.3, 0.4) is 0 Å². The minimum atomic E-state index is -0.820. The van der Waals surface area contributed by atoms with Gasteiger partial charge in [0.2, 0.25) is 11.9 Å². The van der Waals surface area contributed by atoms with Crippen LogP contribution >= 0.6 is 0 Å². The number of benzene rings is 2. The van der Waals surface area contributed by atoms with E-state index in [2.05, 4.69) is 45.8 Å². The van der Waals surface area contributed by atoms with Gasteiger partial charge in [0.05, 0.1) is 11.4 Å². The minimum Gasteiger partial charge on any atom is -0.481 e. The number of amides is 2. The summed E-state index contributed by atoms with van der Waals surface area (Å²) in [6.07, 6.45) is 3.97. The molecule has 0 saturated heterocycles. The van der Waals surface area contributed by atoms with Crippen molar-refractivity contribution in [3.05, 3.63) is 119 Å². The van der Waals surface area contributed by atoms with Crippen LogP contribution in [0.1, 0.15) is 55.5 Å². The molecule has 0 unspecified atom stereocenters. The molecular formula is C41H42N10O4. The Balaban J connectivity index is 0.000000172. The van der Waals surface area contributed by atoms with Crippen molar-refractivity contribution in [2.45, 2.75) is 53.6 Å². The van der Waals surface area contributed by atoms with E-state index in [0.29, 0.717) is 37.1 Å². The third-order valence-corrected chi connectivity index (χ3v) is 9.87. The van der Waals surface area contributed by atoms with E-state index in [0.717, 1.165) is 80.8 Å². The third-order valence-electron chi connectivity index (χ3n) is 9.87. The molecule has 280 valence electrons. The molecule has 0 radical (unpaired) electrons. The Kier molecular flexibility index (Phi) is 10.4. The van der Waals surface area contributed by atoms with Gasteiger partial charge in [-0.1, -0.05) is 30.3 Å². The molecule has 5 N–H and O–H groups in total. The second kappa shape index (κ2) is 15.6. The monoisotopic (exact) mass is 738 g/mol. The fraction of sp³-hybridized carbons (Fsp3) is 0.244. The number of carboxylic acids is 1. The SMILES string of the molecule is Cc1c(-c2ccnc(Nc3cccc(CCC(=O)O)c3)n2)c(C)n2c1C(=O)NCC2.Cc1c(-c2ccnc(Nc3ccccc3)n2)c(C)n2c1C(=O)NCC2. The fourth-order valence-electron chi connectivity index (χ4n) is 7.37. The Bertz CT molecular complexity index is 2420. The Morgan fingerprint density at radius 1 is 0.709 bits per heavy atom. The summed E-state index contributed by atoms with van der Waals surface area (Å²) < 4.78 is 4.13. The van der Waals surface area contributed by atoms with Gasteiger partial charge in [0.25, 0.3) is 11.8 Å². The first kappa shape index (κ1) is 36.5. The summed E-state index contributed by atoms with van der Waals surface area (Å²) in [4.78, 5) is 53.3. The van der Waals surface area contributed by atoms with Gasteiger partial charge < -0.3 is 35.5 Å². The molecule has 2 aliphatic heterocycles. The highest BCUT2D eigenvalue weighted by atomic mass is 16.4. The summed E-state index contributed by atoms with van der Waals surface area (Å²) in [7, 11) is 0. The number of rotatable bonds is 9. The lowest BCUT2D eigenvalue weighted by Gasteiger charge is -2.17. The smallest absolute Gasteiger partial charge is 0.303 e. The number of nitrogens with zero attached hydrogens (tertiary/aromatic N) is 6. The van der Waals surface area contributed by atoms with Crippen LogP contribution in [0.15, 0.2) is 79.1 Å². The summed E-state index contributed by atoms with van der Waals surface area (Å²) in [5, 5.41) is 21.1. The third kappa shape index (κ3) is 7.65. The molecular weight excluding hydrogens is 697 g/mol. The van der Waals surface area contributed by atoms with Crippen LogP contribution in [0, 0.1) is 27.7 Å². The maximum absolute atomic E-state index is 12.3. The zero-order chi connectivity index (χ0) is 38.6. The van der Waals surface area contributed by atoms with Gasteiger partial charge >= 0.3 is 5.97 Å². The molecule has 2 amide bonds. The first-order chi connectivity index (χ1) is 26.6. The average molecular weight is 739 g/mol. The normalized spacial score (nSPS) is 13.1. The first-order valence-corrected chi connectivity index (χ1v) is 18.1. The highest BCUT2D eigenvalue weighted by Crippen LogP contribution is 2.34. The lowest BCUT2D eigenvalue weighted by molar-refractivity contribution is -0.136. The van der Waals surface area contributed by atoms with E-state index < -0.39 is 5.97 Å². The molecule has 6 aromatic rings. The van der Waals surface area contributed by atoms with Crippen molar-refractivity contribution in [1.82, 2.24) is 39.7 Å². The summed E-state index contributed by atoms with van der Waals surface area (Å²) in [6, 6.07) is 21.1. The molecule has 0 bridgehead atoms. The largest absolute Gasteiger partial charge is 0.481 e. The van der Waals surface area contributed by atoms with Crippen LogP contribution < -0.4 is 21.3 Å². The van der Waals surface area contributed by atoms with Gasteiger partial charge in [0.15, 0.2) is 0 Å². The summed E-state index contributed by atoms with van der Waals surface area (Å²) in [5.41, 5.74) is 11.5. The van der Waals surface area contributed by atoms with Crippen molar-refractivity contribution < 1.29 is 19.5 Å². The van der Waals surface area contributed by atoms with Crippen LogP contribution in [-0.2, 0) is 24.3 Å². The van der Waals surface area contributed by atoms with E-state index in [1.807, 2.05) is 99.0 Å². The van der Waals surface area contributed by atoms with Gasteiger partial charge in [-0.3, -0.25) is 14.4 Å². The molecule has 0 aliphatic carbocycles. The molecule has 0 saturated carbocycles. The fourth-order valence-corrected chi connectivity index (χ4v) is 7.37. The highest BCUT2D eigenvalue weighted by Gasteiger charge is 2.28. The Morgan fingerprint density at radius 3 is 1.73 bits per heavy atom. The zero-order valence-electron chi connectivity index (χ0n) is 31.1. The number of hydrogen-bond donors (Lipinski definition) is 5. The van der Waals surface area contributed by atoms with E-state index in [1.165, 1.54) is 0 Å². The zero-order valence-corrected chi connectivity index (χ0v) is 31.1. The Labute approximate surface area is 318 Å². The lowest BCUT2D eigenvalue weighted by Crippen LogP contribution is -2.35. The highest BCUT2D eigenvalue weighted by molar-refractivity contribution is 5.98. The van der Waals surface area contributed by atoms with E-state index >= 15 is 0 Å². The minimum absolute atomic E-state index is 0.0187. The molecule has 0 spiro atoms. The predicted molar refractivity (Wildman–Crippen MR) is 210 cm³/mol. The van der Waals surface area contributed by atoms with Crippen molar-refractivity contribution in [2.24, 2.45) is 0 Å². The molecule has 8 rings (SSSR count). The number of carboxylic acid groups (broad SMARTS) is 1. The van der Waals surface area contributed by atoms with Crippen LogP contribution in [-0.4, -0.2) is 65.0 Å². The van der Waals surface area contributed by atoms with Gasteiger partial charge in [-0.05, 0) is 87.2 Å². The number of anilines is 4. The second-order valence-corrected chi connectivity index (χ2v) is 13.4. The van der Waals surface area contributed by atoms with Crippen molar-refractivity contribution in [2.75, 3.05) is 23.7 Å². The first-order valence-electron chi connectivity index (χ1n) is 18.1. The number of aryl methyl sites for hydroxylation is 1. The standard InChI is InChI=1S/C22H23N5O3.C19H19N5O/c1-13-19(14(2)27-11-10-23-21(30)20(13)27)17-8-9-24-22(26-17)25-16-5-3-4-15(12-16)6-7-18(28)29;1-12-16(13(2)24-11-10-20-18(25)17(12)24)15-8-9-21-19(23-15)22-14-6-4-3-5-7-14/h3-5,8-9,12H,6-7,10-11H2,1-2H3,(H,23,30)(H,28,29)(H,24,25,26);3-9H,10-11H2,1-2H3,(H,20,25)(H,21,22,23).